The molecule has 0 bridgehead atoms. The Morgan fingerprint density at radius 1 is 1.20 bits per heavy atom. The minimum atomic E-state index is -2.42. The van der Waals surface area contributed by atoms with Gasteiger partial charge >= 0.3 is 0 Å². The second-order valence-corrected chi connectivity index (χ2v) is 5.72. The third kappa shape index (κ3) is 5.17. The van der Waals surface area contributed by atoms with Crippen LogP contribution in [0, 0.1) is 0 Å². The molecule has 0 aliphatic rings. The van der Waals surface area contributed by atoms with Crippen molar-refractivity contribution in [2.75, 3.05) is 13.2 Å². The van der Waals surface area contributed by atoms with Crippen molar-refractivity contribution in [2.45, 2.75) is 51.5 Å². The molecule has 2 N–H and O–H groups in total. The van der Waals surface area contributed by atoms with Crippen LogP contribution in [-0.2, 0) is 10.2 Å². The van der Waals surface area contributed by atoms with Gasteiger partial charge in [0, 0.05) is 12.6 Å². The molecule has 114 valence electrons. The van der Waals surface area contributed by atoms with E-state index in [0.717, 1.165) is 12.0 Å². The molecule has 0 radical (unpaired) electrons. The maximum Gasteiger partial charge on any atom is 0.261 e. The molecule has 20 heavy (non-hydrogen) atoms. The maximum absolute atomic E-state index is 11.9. The highest BCUT2D eigenvalue weighted by molar-refractivity contribution is 5.29. The Hall–Kier alpha value is -1.00. The molecule has 0 heterocycles. The molecule has 0 aliphatic carbocycles. The number of ether oxygens (including phenoxy) is 1. The summed E-state index contributed by atoms with van der Waals surface area (Å²) in [6.45, 7) is 6.32. The van der Waals surface area contributed by atoms with Gasteiger partial charge in [0.1, 0.15) is 6.61 Å². The van der Waals surface area contributed by atoms with Gasteiger partial charge in [-0.2, -0.15) is 0 Å². The van der Waals surface area contributed by atoms with E-state index >= 15 is 0 Å². The van der Waals surface area contributed by atoms with Crippen molar-refractivity contribution >= 4 is 0 Å². The number of benzene rings is 1. The highest BCUT2D eigenvalue weighted by atomic mass is 19.3. The summed E-state index contributed by atoms with van der Waals surface area (Å²) in [5.74, 6) is 0. The second-order valence-electron chi connectivity index (χ2n) is 5.72. The molecule has 1 atom stereocenters. The molecule has 1 aromatic carbocycles. The molecule has 2 nitrogen and oxygen atoms in total. The molecule has 1 aromatic rings. The Bertz CT molecular complexity index is 390. The summed E-state index contributed by atoms with van der Waals surface area (Å²) in [7, 11) is 0. The first-order valence-electron chi connectivity index (χ1n) is 7.08. The van der Waals surface area contributed by atoms with E-state index in [1.54, 1.807) is 0 Å². The van der Waals surface area contributed by atoms with Gasteiger partial charge in [-0.25, -0.2) is 8.78 Å². The van der Waals surface area contributed by atoms with Crippen molar-refractivity contribution in [1.29, 1.82) is 0 Å². The Balaban J connectivity index is 2.51. The lowest BCUT2D eigenvalue weighted by Crippen LogP contribution is -2.17. The van der Waals surface area contributed by atoms with Gasteiger partial charge in [-0.1, -0.05) is 45.0 Å². The van der Waals surface area contributed by atoms with Crippen molar-refractivity contribution in [3.8, 4) is 0 Å². The minimum Gasteiger partial charge on any atom is -0.375 e. The van der Waals surface area contributed by atoms with Gasteiger partial charge < -0.3 is 10.5 Å². The summed E-state index contributed by atoms with van der Waals surface area (Å²) < 4.78 is 28.7. The van der Waals surface area contributed by atoms with Gasteiger partial charge in [0.05, 0.1) is 0 Å². The summed E-state index contributed by atoms with van der Waals surface area (Å²) in [4.78, 5) is 0. The van der Waals surface area contributed by atoms with E-state index in [1.165, 1.54) is 5.56 Å². The minimum absolute atomic E-state index is 0.156. The average molecular weight is 285 g/mol. The Kier molecular flexibility index (Phi) is 6.56. The summed E-state index contributed by atoms with van der Waals surface area (Å²) >= 11 is 0. The zero-order valence-electron chi connectivity index (χ0n) is 12.5. The molecular formula is C16H25F2NO. The van der Waals surface area contributed by atoms with Gasteiger partial charge in [0.2, 0.25) is 0 Å². The van der Waals surface area contributed by atoms with Gasteiger partial charge in [-0.05, 0) is 29.4 Å². The first-order valence-corrected chi connectivity index (χ1v) is 7.08. The fourth-order valence-corrected chi connectivity index (χ4v) is 1.94. The van der Waals surface area contributed by atoms with Crippen LogP contribution in [0.4, 0.5) is 8.78 Å². The predicted octanol–water partition coefficient (Wildman–Crippen LogP) is 4.05. The highest BCUT2D eigenvalue weighted by Gasteiger charge is 2.18. The molecule has 0 aromatic heterocycles. The first-order chi connectivity index (χ1) is 9.36. The van der Waals surface area contributed by atoms with E-state index in [2.05, 4.69) is 32.9 Å². The lowest BCUT2D eigenvalue weighted by atomic mass is 9.82. The Labute approximate surface area is 120 Å². The standard InChI is InChI=1S/C16H25F2NO/c1-4-16(2,3)13-7-5-12(6-8-13)14(19)9-10-20-11-15(17)18/h5-8,14-15H,4,9-11,19H2,1-3H3. The molecule has 0 saturated carbocycles. The molecule has 0 aliphatic heterocycles. The lowest BCUT2D eigenvalue weighted by molar-refractivity contribution is 0.0152. The number of hydrogen-bond donors (Lipinski definition) is 1. The molecule has 0 spiro atoms. The van der Waals surface area contributed by atoms with Crippen LogP contribution in [-0.4, -0.2) is 19.6 Å². The Morgan fingerprint density at radius 3 is 2.30 bits per heavy atom. The molecular weight excluding hydrogens is 260 g/mol. The maximum atomic E-state index is 11.9. The molecule has 1 unspecified atom stereocenters. The van der Waals surface area contributed by atoms with Crippen molar-refractivity contribution in [1.82, 2.24) is 0 Å². The molecule has 0 fully saturated rings. The average Bonchev–Trinajstić information content (AvgIpc) is 2.43. The monoisotopic (exact) mass is 285 g/mol. The van der Waals surface area contributed by atoms with E-state index in [9.17, 15) is 8.78 Å². The molecule has 0 saturated heterocycles. The zero-order chi connectivity index (χ0) is 15.2. The topological polar surface area (TPSA) is 35.2 Å². The highest BCUT2D eigenvalue weighted by Crippen LogP contribution is 2.27. The third-order valence-electron chi connectivity index (χ3n) is 3.82. The number of halogens is 2. The van der Waals surface area contributed by atoms with Gasteiger partial charge in [0.25, 0.3) is 6.43 Å². The summed E-state index contributed by atoms with van der Waals surface area (Å²) in [5, 5.41) is 0. The van der Waals surface area contributed by atoms with Gasteiger partial charge in [-0.15, -0.1) is 0 Å². The molecule has 0 amide bonds. The summed E-state index contributed by atoms with van der Waals surface area (Å²) in [6.07, 6.45) is -0.801. The van der Waals surface area contributed by atoms with Crippen LogP contribution in [0.1, 0.15) is 50.8 Å². The van der Waals surface area contributed by atoms with Crippen molar-refractivity contribution < 1.29 is 13.5 Å². The fraction of sp³-hybridized carbons (Fsp3) is 0.625. The summed E-state index contributed by atoms with van der Waals surface area (Å²) in [5.41, 5.74) is 8.49. The van der Waals surface area contributed by atoms with E-state index in [1.807, 2.05) is 12.1 Å². The zero-order valence-corrected chi connectivity index (χ0v) is 12.5. The van der Waals surface area contributed by atoms with Crippen molar-refractivity contribution in [2.24, 2.45) is 5.73 Å². The van der Waals surface area contributed by atoms with E-state index < -0.39 is 13.0 Å². The second kappa shape index (κ2) is 7.70. The number of hydrogen-bond acceptors (Lipinski definition) is 2. The van der Waals surface area contributed by atoms with Crippen LogP contribution < -0.4 is 5.73 Å². The quantitative estimate of drug-likeness (QED) is 0.731. The van der Waals surface area contributed by atoms with E-state index in [4.69, 9.17) is 10.5 Å². The van der Waals surface area contributed by atoms with E-state index in [-0.39, 0.29) is 18.1 Å². The fourth-order valence-electron chi connectivity index (χ4n) is 1.94. The van der Waals surface area contributed by atoms with Crippen LogP contribution >= 0.6 is 0 Å². The van der Waals surface area contributed by atoms with Crippen molar-refractivity contribution in [3.05, 3.63) is 35.4 Å². The smallest absolute Gasteiger partial charge is 0.261 e. The van der Waals surface area contributed by atoms with Crippen LogP contribution in [0.5, 0.6) is 0 Å². The molecule has 1 rings (SSSR count). The molecule has 4 heteroatoms. The Morgan fingerprint density at radius 2 is 1.80 bits per heavy atom. The normalized spacial score (nSPS) is 13.8. The SMILES string of the molecule is CCC(C)(C)c1ccc(C(N)CCOCC(F)F)cc1. The number of alkyl halides is 2. The predicted molar refractivity (Wildman–Crippen MR) is 78.1 cm³/mol. The first kappa shape index (κ1) is 17.1. The van der Waals surface area contributed by atoms with Crippen LogP contribution in [0.2, 0.25) is 0 Å². The van der Waals surface area contributed by atoms with E-state index in [0.29, 0.717) is 6.42 Å². The summed E-state index contributed by atoms with van der Waals surface area (Å²) in [6, 6.07) is 8.05. The van der Waals surface area contributed by atoms with Gasteiger partial charge in [0.15, 0.2) is 0 Å². The number of nitrogens with two attached hydrogens (primary N) is 1. The largest absolute Gasteiger partial charge is 0.375 e. The van der Waals surface area contributed by atoms with Crippen LogP contribution in [0.25, 0.3) is 0 Å². The van der Waals surface area contributed by atoms with Gasteiger partial charge in [-0.3, -0.25) is 0 Å². The van der Waals surface area contributed by atoms with Crippen molar-refractivity contribution in [3.63, 3.8) is 0 Å². The van der Waals surface area contributed by atoms with Crippen LogP contribution in [0.15, 0.2) is 24.3 Å². The third-order valence-corrected chi connectivity index (χ3v) is 3.82. The van der Waals surface area contributed by atoms with Crippen LogP contribution in [0.3, 0.4) is 0 Å². The lowest BCUT2D eigenvalue weighted by Gasteiger charge is -2.24. The number of rotatable bonds is 8.